The summed E-state index contributed by atoms with van der Waals surface area (Å²) in [6.45, 7) is 2.82. The monoisotopic (exact) mass is 284 g/mol. The maximum absolute atomic E-state index is 8.89. The molecule has 0 saturated carbocycles. The summed E-state index contributed by atoms with van der Waals surface area (Å²) in [6, 6.07) is 10.7. The van der Waals surface area contributed by atoms with Crippen molar-refractivity contribution in [2.24, 2.45) is 0 Å². The molecule has 0 bridgehead atoms. The Kier molecular flexibility index (Phi) is 5.07. The molecule has 21 heavy (non-hydrogen) atoms. The van der Waals surface area contributed by atoms with Gasteiger partial charge in [0, 0.05) is 19.7 Å². The Morgan fingerprint density at radius 3 is 2.86 bits per heavy atom. The molecule has 1 aromatic heterocycles. The van der Waals surface area contributed by atoms with Crippen LogP contribution in [0, 0.1) is 11.3 Å². The zero-order valence-corrected chi connectivity index (χ0v) is 12.0. The van der Waals surface area contributed by atoms with Crippen LogP contribution < -0.4 is 10.1 Å². The molecule has 0 spiro atoms. The molecule has 0 aliphatic heterocycles. The molecule has 0 atom stereocenters. The van der Waals surface area contributed by atoms with Crippen molar-refractivity contribution in [2.45, 2.75) is 13.5 Å². The maximum Gasteiger partial charge on any atom is 0.224 e. The van der Waals surface area contributed by atoms with Gasteiger partial charge in [0.25, 0.3) is 0 Å². The van der Waals surface area contributed by atoms with Crippen LogP contribution in [0.2, 0.25) is 0 Å². The summed E-state index contributed by atoms with van der Waals surface area (Å²) in [7, 11) is 1.77. The highest BCUT2D eigenvalue weighted by Crippen LogP contribution is 2.22. The predicted molar refractivity (Wildman–Crippen MR) is 78.1 cm³/mol. The first kappa shape index (κ1) is 14.8. The van der Waals surface area contributed by atoms with Crippen LogP contribution in [0.25, 0.3) is 0 Å². The van der Waals surface area contributed by atoms with E-state index in [9.17, 15) is 0 Å². The average molecular weight is 284 g/mol. The summed E-state index contributed by atoms with van der Waals surface area (Å²) in [6.07, 6.45) is 0. The number of benzene rings is 1. The van der Waals surface area contributed by atoms with E-state index in [1.54, 1.807) is 37.4 Å². The summed E-state index contributed by atoms with van der Waals surface area (Å²) in [5.74, 6) is 2.14. The maximum atomic E-state index is 8.89. The third kappa shape index (κ3) is 4.16. The van der Waals surface area contributed by atoms with Crippen molar-refractivity contribution in [1.82, 2.24) is 9.97 Å². The lowest BCUT2D eigenvalue weighted by molar-refractivity contribution is 0.128. The van der Waals surface area contributed by atoms with E-state index in [1.165, 1.54) is 0 Å². The van der Waals surface area contributed by atoms with Crippen LogP contribution in [0.4, 0.5) is 5.82 Å². The minimum Gasteiger partial charge on any atom is -0.439 e. The Morgan fingerprint density at radius 1 is 1.29 bits per heavy atom. The van der Waals surface area contributed by atoms with Gasteiger partial charge in [0.15, 0.2) is 5.82 Å². The first-order chi connectivity index (χ1) is 10.2. The van der Waals surface area contributed by atoms with Crippen LogP contribution >= 0.6 is 0 Å². The zero-order chi connectivity index (χ0) is 15.1. The van der Waals surface area contributed by atoms with E-state index in [-0.39, 0.29) is 0 Å². The minimum atomic E-state index is 0.320. The Labute approximate surface area is 123 Å². The van der Waals surface area contributed by atoms with Gasteiger partial charge < -0.3 is 14.8 Å². The molecule has 0 amide bonds. The molecule has 0 radical (unpaired) electrons. The Bertz CT molecular complexity index is 652. The van der Waals surface area contributed by atoms with Crippen LogP contribution in [-0.2, 0) is 11.3 Å². The molecule has 0 unspecified atom stereocenters. The predicted octanol–water partition coefficient (Wildman–Crippen LogP) is 2.72. The van der Waals surface area contributed by atoms with Crippen LogP contribution in [0.3, 0.4) is 0 Å². The molecule has 1 N–H and O–H groups in total. The van der Waals surface area contributed by atoms with Gasteiger partial charge in [0.2, 0.25) is 5.88 Å². The minimum absolute atomic E-state index is 0.320. The topological polar surface area (TPSA) is 80.1 Å². The Balaban J connectivity index is 2.23. The molecule has 2 aromatic rings. The fourth-order valence-corrected chi connectivity index (χ4v) is 1.66. The van der Waals surface area contributed by atoms with Crippen molar-refractivity contribution in [3.05, 3.63) is 41.7 Å². The molecule has 0 aliphatic carbocycles. The Hall–Kier alpha value is -2.65. The van der Waals surface area contributed by atoms with E-state index in [2.05, 4.69) is 21.4 Å². The molecule has 6 heteroatoms. The lowest BCUT2D eigenvalue weighted by Gasteiger charge is -2.09. The van der Waals surface area contributed by atoms with Crippen LogP contribution in [0.5, 0.6) is 11.6 Å². The highest BCUT2D eigenvalue weighted by atomic mass is 16.5. The van der Waals surface area contributed by atoms with Crippen LogP contribution in [0.15, 0.2) is 30.3 Å². The number of rotatable bonds is 6. The molecule has 108 valence electrons. The third-order valence-electron chi connectivity index (χ3n) is 2.63. The van der Waals surface area contributed by atoms with Crippen molar-refractivity contribution < 1.29 is 9.47 Å². The van der Waals surface area contributed by atoms with Gasteiger partial charge in [-0.15, -0.1) is 0 Å². The second-order valence-corrected chi connectivity index (χ2v) is 4.14. The third-order valence-corrected chi connectivity index (χ3v) is 2.63. The van der Waals surface area contributed by atoms with Crippen molar-refractivity contribution in [1.29, 1.82) is 5.26 Å². The first-order valence-electron chi connectivity index (χ1n) is 6.56. The fraction of sp³-hybridized carbons (Fsp3) is 0.267. The van der Waals surface area contributed by atoms with Gasteiger partial charge in [-0.05, 0) is 25.1 Å². The molecule has 0 aliphatic rings. The van der Waals surface area contributed by atoms with E-state index in [0.29, 0.717) is 42.0 Å². The fourth-order valence-electron chi connectivity index (χ4n) is 1.66. The van der Waals surface area contributed by atoms with E-state index >= 15 is 0 Å². The highest BCUT2D eigenvalue weighted by Gasteiger charge is 2.06. The summed E-state index contributed by atoms with van der Waals surface area (Å²) in [5.41, 5.74) is 0.532. The van der Waals surface area contributed by atoms with Crippen molar-refractivity contribution in [3.8, 4) is 17.7 Å². The van der Waals surface area contributed by atoms with Crippen molar-refractivity contribution in [2.75, 3.05) is 19.0 Å². The number of nitrogens with one attached hydrogen (secondary N) is 1. The number of nitriles is 1. The number of hydrogen-bond acceptors (Lipinski definition) is 6. The number of aromatic nitrogens is 2. The SMILES string of the molecule is CCOCc1nc(NC)cc(Oc2cccc(C#N)c2)n1. The summed E-state index contributed by atoms with van der Waals surface area (Å²) < 4.78 is 11.0. The van der Waals surface area contributed by atoms with Crippen molar-refractivity contribution >= 4 is 5.82 Å². The van der Waals surface area contributed by atoms with E-state index in [4.69, 9.17) is 14.7 Å². The molecule has 2 rings (SSSR count). The normalized spacial score (nSPS) is 9.95. The van der Waals surface area contributed by atoms with Gasteiger partial charge >= 0.3 is 0 Å². The first-order valence-corrected chi connectivity index (χ1v) is 6.56. The molecular weight excluding hydrogens is 268 g/mol. The van der Waals surface area contributed by atoms with Crippen molar-refractivity contribution in [3.63, 3.8) is 0 Å². The van der Waals surface area contributed by atoms with E-state index in [1.807, 2.05) is 6.92 Å². The van der Waals surface area contributed by atoms with Gasteiger partial charge in [-0.3, -0.25) is 0 Å². The zero-order valence-electron chi connectivity index (χ0n) is 12.0. The Morgan fingerprint density at radius 2 is 2.14 bits per heavy atom. The smallest absolute Gasteiger partial charge is 0.224 e. The average Bonchev–Trinajstić information content (AvgIpc) is 2.52. The molecular formula is C15H16N4O2. The number of anilines is 1. The number of hydrogen-bond donors (Lipinski definition) is 1. The number of nitrogens with zero attached hydrogens (tertiary/aromatic N) is 3. The van der Waals surface area contributed by atoms with Gasteiger partial charge in [-0.1, -0.05) is 6.07 Å². The molecule has 6 nitrogen and oxygen atoms in total. The van der Waals surface area contributed by atoms with Gasteiger partial charge in [-0.2, -0.15) is 10.2 Å². The largest absolute Gasteiger partial charge is 0.439 e. The van der Waals surface area contributed by atoms with Gasteiger partial charge in [0.1, 0.15) is 18.2 Å². The van der Waals surface area contributed by atoms with Crippen LogP contribution in [-0.4, -0.2) is 23.6 Å². The standard InChI is InChI=1S/C15H16N4O2/c1-3-20-10-14-18-13(17-2)8-15(19-14)21-12-6-4-5-11(7-12)9-16/h4-8H,3,10H2,1-2H3,(H,17,18,19). The summed E-state index contributed by atoms with van der Waals surface area (Å²) >= 11 is 0. The molecule has 0 saturated heterocycles. The van der Waals surface area contributed by atoms with Crippen LogP contribution in [0.1, 0.15) is 18.3 Å². The summed E-state index contributed by atoms with van der Waals surface area (Å²) in [5, 5.41) is 11.8. The highest BCUT2D eigenvalue weighted by molar-refractivity contribution is 5.41. The lowest BCUT2D eigenvalue weighted by atomic mass is 10.2. The quantitative estimate of drug-likeness (QED) is 0.878. The number of ether oxygens (including phenoxy) is 2. The van der Waals surface area contributed by atoms with Gasteiger partial charge in [0.05, 0.1) is 11.6 Å². The van der Waals surface area contributed by atoms with E-state index < -0.39 is 0 Å². The molecule has 1 aromatic carbocycles. The molecule has 0 fully saturated rings. The second kappa shape index (κ2) is 7.22. The van der Waals surface area contributed by atoms with Gasteiger partial charge in [-0.25, -0.2) is 4.98 Å². The van der Waals surface area contributed by atoms with E-state index in [0.717, 1.165) is 0 Å². The lowest BCUT2D eigenvalue weighted by Crippen LogP contribution is -2.04. The molecule has 1 heterocycles. The second-order valence-electron chi connectivity index (χ2n) is 4.14. The summed E-state index contributed by atoms with van der Waals surface area (Å²) in [4.78, 5) is 8.57.